The van der Waals surface area contributed by atoms with E-state index in [9.17, 15) is 0 Å². The van der Waals surface area contributed by atoms with Gasteiger partial charge in [-0.2, -0.15) is 0 Å². The minimum atomic E-state index is 0.728. The minimum Gasteiger partial charge on any atom is -0.370 e. The molecule has 0 radical (unpaired) electrons. The molecule has 1 aliphatic carbocycles. The lowest BCUT2D eigenvalue weighted by molar-refractivity contribution is 0.887. The molecule has 0 saturated carbocycles. The molecule has 0 bridgehead atoms. The van der Waals surface area contributed by atoms with E-state index in [2.05, 4.69) is 22.2 Å². The number of aromatic nitrogens is 4. The topological polar surface area (TPSA) is 55.6 Å². The molecule has 19 heavy (non-hydrogen) atoms. The van der Waals surface area contributed by atoms with Crippen molar-refractivity contribution in [2.45, 2.75) is 32.6 Å². The molecule has 2 heterocycles. The van der Waals surface area contributed by atoms with Gasteiger partial charge in [-0.1, -0.05) is 6.92 Å². The molecule has 0 fully saturated rings. The van der Waals surface area contributed by atoms with Crippen molar-refractivity contribution < 1.29 is 0 Å². The standard InChI is InChI=1S/C14H19N5/c1-3-7-15-12-10-5-4-6-11(10)17-13(18-12)14-16-8-9-19(14)2/h8-9H,3-7H2,1-2H3,(H,15,17,18). The third-order valence-electron chi connectivity index (χ3n) is 3.50. The first-order valence-corrected chi connectivity index (χ1v) is 6.91. The summed E-state index contributed by atoms with van der Waals surface area (Å²) in [5.41, 5.74) is 2.48. The summed E-state index contributed by atoms with van der Waals surface area (Å²) in [4.78, 5) is 13.7. The van der Waals surface area contributed by atoms with Crippen LogP contribution in [0.4, 0.5) is 5.82 Å². The van der Waals surface area contributed by atoms with Crippen molar-refractivity contribution in [1.29, 1.82) is 0 Å². The van der Waals surface area contributed by atoms with E-state index in [1.807, 2.05) is 17.8 Å². The van der Waals surface area contributed by atoms with Crippen molar-refractivity contribution in [2.24, 2.45) is 7.05 Å². The highest BCUT2D eigenvalue weighted by Crippen LogP contribution is 2.28. The van der Waals surface area contributed by atoms with Gasteiger partial charge in [0.25, 0.3) is 0 Å². The Morgan fingerprint density at radius 2 is 2.21 bits per heavy atom. The second-order valence-electron chi connectivity index (χ2n) is 4.96. The zero-order valence-electron chi connectivity index (χ0n) is 11.5. The van der Waals surface area contributed by atoms with Crippen LogP contribution in [-0.2, 0) is 19.9 Å². The van der Waals surface area contributed by atoms with Crippen LogP contribution in [0.2, 0.25) is 0 Å². The second-order valence-corrected chi connectivity index (χ2v) is 4.96. The Kier molecular flexibility index (Phi) is 3.19. The van der Waals surface area contributed by atoms with Crippen LogP contribution in [0.3, 0.4) is 0 Å². The van der Waals surface area contributed by atoms with Gasteiger partial charge < -0.3 is 9.88 Å². The Bertz CT molecular complexity index is 588. The Morgan fingerprint density at radius 3 is 2.95 bits per heavy atom. The number of hydrogen-bond donors (Lipinski definition) is 1. The highest BCUT2D eigenvalue weighted by atomic mass is 15.1. The van der Waals surface area contributed by atoms with Gasteiger partial charge in [-0.05, 0) is 25.7 Å². The number of imidazole rings is 1. The zero-order chi connectivity index (χ0) is 13.2. The van der Waals surface area contributed by atoms with Crippen LogP contribution in [0.15, 0.2) is 12.4 Å². The van der Waals surface area contributed by atoms with E-state index in [1.54, 1.807) is 6.20 Å². The minimum absolute atomic E-state index is 0.728. The molecule has 2 aromatic heterocycles. The van der Waals surface area contributed by atoms with Gasteiger partial charge in [-0.15, -0.1) is 0 Å². The first kappa shape index (κ1) is 12.1. The monoisotopic (exact) mass is 257 g/mol. The van der Waals surface area contributed by atoms with Crippen molar-refractivity contribution in [2.75, 3.05) is 11.9 Å². The summed E-state index contributed by atoms with van der Waals surface area (Å²) in [5.74, 6) is 2.56. The van der Waals surface area contributed by atoms with Gasteiger partial charge in [-0.25, -0.2) is 15.0 Å². The lowest BCUT2D eigenvalue weighted by Gasteiger charge is -2.11. The Balaban J connectivity index is 2.05. The number of nitrogens with zero attached hydrogens (tertiary/aromatic N) is 4. The fraction of sp³-hybridized carbons (Fsp3) is 0.500. The van der Waals surface area contributed by atoms with E-state index in [4.69, 9.17) is 4.98 Å². The van der Waals surface area contributed by atoms with E-state index in [1.165, 1.54) is 17.7 Å². The largest absolute Gasteiger partial charge is 0.370 e. The maximum atomic E-state index is 4.69. The molecule has 0 saturated heterocycles. The SMILES string of the molecule is CCCNc1nc(-c2nccn2C)nc2c1CCC2. The molecule has 0 aliphatic heterocycles. The first-order valence-electron chi connectivity index (χ1n) is 6.91. The Labute approximate surface area is 113 Å². The average molecular weight is 257 g/mol. The molecule has 1 N–H and O–H groups in total. The summed E-state index contributed by atoms with van der Waals surface area (Å²) in [6, 6.07) is 0. The van der Waals surface area contributed by atoms with Crippen LogP contribution in [0.25, 0.3) is 11.6 Å². The van der Waals surface area contributed by atoms with Crippen LogP contribution >= 0.6 is 0 Å². The number of rotatable bonds is 4. The van der Waals surface area contributed by atoms with Crippen LogP contribution in [0.5, 0.6) is 0 Å². The normalized spacial score (nSPS) is 13.6. The Morgan fingerprint density at radius 1 is 1.32 bits per heavy atom. The van der Waals surface area contributed by atoms with Crippen molar-refractivity contribution in [1.82, 2.24) is 19.5 Å². The van der Waals surface area contributed by atoms with Gasteiger partial charge in [0.2, 0.25) is 0 Å². The van der Waals surface area contributed by atoms with Gasteiger partial charge in [0.05, 0.1) is 0 Å². The number of anilines is 1. The summed E-state index contributed by atoms with van der Waals surface area (Å²) in [6.07, 6.45) is 8.11. The van der Waals surface area contributed by atoms with Crippen LogP contribution < -0.4 is 5.32 Å². The highest BCUT2D eigenvalue weighted by Gasteiger charge is 2.20. The quantitative estimate of drug-likeness (QED) is 0.912. The highest BCUT2D eigenvalue weighted by molar-refractivity contribution is 5.56. The molecular weight excluding hydrogens is 238 g/mol. The summed E-state index contributed by atoms with van der Waals surface area (Å²) < 4.78 is 1.96. The lowest BCUT2D eigenvalue weighted by Crippen LogP contribution is -2.09. The molecule has 5 nitrogen and oxygen atoms in total. The molecular formula is C14H19N5. The predicted molar refractivity (Wildman–Crippen MR) is 75.0 cm³/mol. The van der Waals surface area contributed by atoms with Crippen LogP contribution in [0, 0.1) is 0 Å². The van der Waals surface area contributed by atoms with E-state index >= 15 is 0 Å². The molecule has 1 aliphatic rings. The zero-order valence-corrected chi connectivity index (χ0v) is 11.5. The summed E-state index contributed by atoms with van der Waals surface area (Å²) in [5, 5.41) is 3.43. The molecule has 100 valence electrons. The number of nitrogens with one attached hydrogen (secondary N) is 1. The molecule has 0 spiro atoms. The lowest BCUT2D eigenvalue weighted by atomic mass is 10.2. The second kappa shape index (κ2) is 4.99. The van der Waals surface area contributed by atoms with Crippen molar-refractivity contribution in [3.63, 3.8) is 0 Å². The molecule has 2 aromatic rings. The fourth-order valence-corrected chi connectivity index (χ4v) is 2.50. The third-order valence-corrected chi connectivity index (χ3v) is 3.50. The van der Waals surface area contributed by atoms with Crippen LogP contribution in [-0.4, -0.2) is 26.1 Å². The van der Waals surface area contributed by atoms with Crippen molar-refractivity contribution >= 4 is 5.82 Å². The smallest absolute Gasteiger partial charge is 0.198 e. The molecule has 0 aromatic carbocycles. The maximum absolute atomic E-state index is 4.69. The number of hydrogen-bond acceptors (Lipinski definition) is 4. The van der Waals surface area contributed by atoms with Gasteiger partial charge in [0, 0.05) is 37.2 Å². The molecule has 0 amide bonds. The van der Waals surface area contributed by atoms with Crippen LogP contribution in [0.1, 0.15) is 31.0 Å². The average Bonchev–Trinajstić information content (AvgIpc) is 3.03. The maximum Gasteiger partial charge on any atom is 0.198 e. The molecule has 3 rings (SSSR count). The number of fused-ring (bicyclic) bond motifs is 1. The molecule has 0 unspecified atom stereocenters. The van der Waals surface area contributed by atoms with Gasteiger partial charge in [-0.3, -0.25) is 0 Å². The van der Waals surface area contributed by atoms with E-state index in [-0.39, 0.29) is 0 Å². The fourth-order valence-electron chi connectivity index (χ4n) is 2.50. The van der Waals surface area contributed by atoms with Crippen molar-refractivity contribution in [3.8, 4) is 11.6 Å². The summed E-state index contributed by atoms with van der Waals surface area (Å²) in [7, 11) is 1.97. The van der Waals surface area contributed by atoms with Gasteiger partial charge in [0.1, 0.15) is 5.82 Å². The summed E-state index contributed by atoms with van der Waals surface area (Å²) in [6.45, 7) is 3.11. The summed E-state index contributed by atoms with van der Waals surface area (Å²) >= 11 is 0. The third kappa shape index (κ3) is 2.20. The van der Waals surface area contributed by atoms with E-state index in [0.717, 1.165) is 43.3 Å². The van der Waals surface area contributed by atoms with E-state index < -0.39 is 0 Å². The predicted octanol–water partition coefficient (Wildman–Crippen LogP) is 2.19. The first-order chi connectivity index (χ1) is 9.29. The van der Waals surface area contributed by atoms with Gasteiger partial charge in [0.15, 0.2) is 11.6 Å². The van der Waals surface area contributed by atoms with Crippen molar-refractivity contribution in [3.05, 3.63) is 23.7 Å². The molecule has 5 heteroatoms. The Hall–Kier alpha value is -1.91. The van der Waals surface area contributed by atoms with Gasteiger partial charge >= 0.3 is 0 Å². The number of aryl methyl sites for hydroxylation is 2. The molecule has 0 atom stereocenters. The van der Waals surface area contributed by atoms with E-state index in [0.29, 0.717) is 0 Å².